The predicted octanol–water partition coefficient (Wildman–Crippen LogP) is 5.74. The van der Waals surface area contributed by atoms with Crippen LogP contribution in [-0.4, -0.2) is 13.2 Å². The van der Waals surface area contributed by atoms with Gasteiger partial charge in [0.05, 0.1) is 13.2 Å². The molecule has 0 aliphatic rings. The van der Waals surface area contributed by atoms with Crippen LogP contribution in [0.2, 0.25) is 0 Å². The van der Waals surface area contributed by atoms with Gasteiger partial charge in [0.1, 0.15) is 0 Å². The summed E-state index contributed by atoms with van der Waals surface area (Å²) in [4.78, 5) is 0. The van der Waals surface area contributed by atoms with Crippen molar-refractivity contribution < 1.29 is 22.6 Å². The van der Waals surface area contributed by atoms with Crippen LogP contribution in [0.15, 0.2) is 30.3 Å². The maximum absolute atomic E-state index is 14.2. The van der Waals surface area contributed by atoms with Crippen molar-refractivity contribution in [3.63, 3.8) is 0 Å². The highest BCUT2D eigenvalue weighted by Crippen LogP contribution is 2.32. The topological polar surface area (TPSA) is 18.5 Å². The molecule has 5 heteroatoms. The summed E-state index contributed by atoms with van der Waals surface area (Å²) in [5, 5.41) is 0. The van der Waals surface area contributed by atoms with Gasteiger partial charge in [0.2, 0.25) is 5.82 Å². The minimum absolute atomic E-state index is 0.0182. The molecule has 0 spiro atoms. The minimum atomic E-state index is -1.07. The first-order valence-electron chi connectivity index (χ1n) is 8.12. The van der Waals surface area contributed by atoms with Crippen LogP contribution in [0.25, 0.3) is 11.1 Å². The molecule has 130 valence electrons. The van der Waals surface area contributed by atoms with Gasteiger partial charge in [0.25, 0.3) is 0 Å². The Hall–Kier alpha value is -2.17. The van der Waals surface area contributed by atoms with Gasteiger partial charge in [-0.1, -0.05) is 26.3 Å². The van der Waals surface area contributed by atoms with Gasteiger partial charge in [0.15, 0.2) is 23.1 Å². The molecular weight excluding hydrogens is 317 g/mol. The fourth-order valence-corrected chi connectivity index (χ4v) is 2.19. The molecule has 0 amide bonds. The Morgan fingerprint density at radius 1 is 0.792 bits per heavy atom. The van der Waals surface area contributed by atoms with Gasteiger partial charge in [-0.2, -0.15) is 4.39 Å². The molecule has 0 heterocycles. The summed E-state index contributed by atoms with van der Waals surface area (Å²) < 4.78 is 52.8. The van der Waals surface area contributed by atoms with Crippen LogP contribution in [0.5, 0.6) is 11.5 Å². The van der Waals surface area contributed by atoms with Gasteiger partial charge in [-0.25, -0.2) is 8.78 Å². The van der Waals surface area contributed by atoms with Crippen LogP contribution in [0.3, 0.4) is 0 Å². The SMILES string of the molecule is CCCCOc1ccc(-c2ccc(OCCC)c(F)c2F)cc1F. The summed E-state index contributed by atoms with van der Waals surface area (Å²) in [5.74, 6) is -2.75. The molecule has 0 saturated heterocycles. The second kappa shape index (κ2) is 8.62. The zero-order valence-corrected chi connectivity index (χ0v) is 13.9. The molecular formula is C19H21F3O2. The van der Waals surface area contributed by atoms with Crippen LogP contribution in [-0.2, 0) is 0 Å². The molecule has 0 unspecified atom stereocenters. The van der Waals surface area contributed by atoms with Crippen molar-refractivity contribution in [2.24, 2.45) is 0 Å². The summed E-state index contributed by atoms with van der Waals surface area (Å²) in [6.07, 6.45) is 2.45. The third kappa shape index (κ3) is 4.22. The van der Waals surface area contributed by atoms with E-state index < -0.39 is 17.5 Å². The highest BCUT2D eigenvalue weighted by Gasteiger charge is 2.17. The average Bonchev–Trinajstić information content (AvgIpc) is 2.58. The van der Waals surface area contributed by atoms with E-state index in [0.717, 1.165) is 18.9 Å². The number of unbranched alkanes of at least 4 members (excludes halogenated alkanes) is 1. The van der Waals surface area contributed by atoms with E-state index >= 15 is 0 Å². The van der Waals surface area contributed by atoms with Crippen molar-refractivity contribution in [3.05, 3.63) is 47.8 Å². The first kappa shape index (κ1) is 18.2. The van der Waals surface area contributed by atoms with Crippen LogP contribution in [0.1, 0.15) is 33.1 Å². The number of halogens is 3. The molecule has 2 rings (SSSR count). The highest BCUT2D eigenvalue weighted by molar-refractivity contribution is 5.66. The van der Waals surface area contributed by atoms with Crippen LogP contribution < -0.4 is 9.47 Å². The summed E-state index contributed by atoms with van der Waals surface area (Å²) >= 11 is 0. The number of benzene rings is 2. The summed E-state index contributed by atoms with van der Waals surface area (Å²) in [6.45, 7) is 4.59. The molecule has 0 atom stereocenters. The fourth-order valence-electron chi connectivity index (χ4n) is 2.19. The lowest BCUT2D eigenvalue weighted by atomic mass is 10.0. The van der Waals surface area contributed by atoms with Crippen LogP contribution >= 0.6 is 0 Å². The maximum atomic E-state index is 14.2. The Kier molecular flexibility index (Phi) is 6.53. The largest absolute Gasteiger partial charge is 0.491 e. The number of ether oxygens (including phenoxy) is 2. The number of hydrogen-bond donors (Lipinski definition) is 0. The molecule has 2 aromatic rings. The summed E-state index contributed by atoms with van der Waals surface area (Å²) in [5.41, 5.74) is 0.226. The van der Waals surface area contributed by atoms with Crippen molar-refractivity contribution in [1.29, 1.82) is 0 Å². The van der Waals surface area contributed by atoms with Crippen LogP contribution in [0, 0.1) is 17.5 Å². The molecule has 0 aliphatic heterocycles. The maximum Gasteiger partial charge on any atom is 0.201 e. The van der Waals surface area contributed by atoms with E-state index in [-0.39, 0.29) is 22.6 Å². The van der Waals surface area contributed by atoms with Crippen molar-refractivity contribution in [2.45, 2.75) is 33.1 Å². The minimum Gasteiger partial charge on any atom is -0.491 e. The van der Waals surface area contributed by atoms with E-state index in [4.69, 9.17) is 9.47 Å². The summed E-state index contributed by atoms with van der Waals surface area (Å²) in [6, 6.07) is 6.82. The molecule has 0 fully saturated rings. The standard InChI is InChI=1S/C19H21F3O2/c1-3-5-11-24-16-8-6-13(12-15(16)20)14-7-9-17(23-10-4-2)19(22)18(14)21/h6-9,12H,3-5,10-11H2,1-2H3. The molecule has 2 nitrogen and oxygen atoms in total. The quantitative estimate of drug-likeness (QED) is 0.572. The Labute approximate surface area is 140 Å². The van der Waals surface area contributed by atoms with Gasteiger partial charge in [-0.15, -0.1) is 0 Å². The predicted molar refractivity (Wildman–Crippen MR) is 87.9 cm³/mol. The molecule has 0 bridgehead atoms. The van der Waals surface area contributed by atoms with Gasteiger partial charge >= 0.3 is 0 Å². The van der Waals surface area contributed by atoms with E-state index in [9.17, 15) is 13.2 Å². The van der Waals surface area contributed by atoms with Gasteiger partial charge < -0.3 is 9.47 Å². The van der Waals surface area contributed by atoms with Crippen LogP contribution in [0.4, 0.5) is 13.2 Å². The lowest BCUT2D eigenvalue weighted by Gasteiger charge is -2.11. The average molecular weight is 338 g/mol. The third-order valence-electron chi connectivity index (χ3n) is 3.51. The molecule has 2 aromatic carbocycles. The fraction of sp³-hybridized carbons (Fsp3) is 0.368. The molecule has 0 aliphatic carbocycles. The number of hydrogen-bond acceptors (Lipinski definition) is 2. The van der Waals surface area contributed by atoms with E-state index in [1.165, 1.54) is 24.3 Å². The van der Waals surface area contributed by atoms with E-state index in [0.29, 0.717) is 19.6 Å². The van der Waals surface area contributed by atoms with Gasteiger partial charge in [0, 0.05) is 5.56 Å². The molecule has 24 heavy (non-hydrogen) atoms. The molecule has 0 saturated carbocycles. The Bertz CT molecular complexity index is 687. The van der Waals surface area contributed by atoms with E-state index in [1.54, 1.807) is 0 Å². The Balaban J connectivity index is 2.25. The lowest BCUT2D eigenvalue weighted by Crippen LogP contribution is -2.01. The van der Waals surface area contributed by atoms with E-state index in [1.807, 2.05) is 13.8 Å². The van der Waals surface area contributed by atoms with Gasteiger partial charge in [-0.3, -0.25) is 0 Å². The zero-order valence-electron chi connectivity index (χ0n) is 13.9. The van der Waals surface area contributed by atoms with Crippen molar-refractivity contribution in [2.75, 3.05) is 13.2 Å². The highest BCUT2D eigenvalue weighted by atomic mass is 19.2. The van der Waals surface area contributed by atoms with Crippen molar-refractivity contribution >= 4 is 0 Å². The lowest BCUT2D eigenvalue weighted by molar-refractivity contribution is 0.294. The van der Waals surface area contributed by atoms with Crippen molar-refractivity contribution in [3.8, 4) is 22.6 Å². The molecule has 0 radical (unpaired) electrons. The van der Waals surface area contributed by atoms with Crippen molar-refractivity contribution in [1.82, 2.24) is 0 Å². The monoisotopic (exact) mass is 338 g/mol. The third-order valence-corrected chi connectivity index (χ3v) is 3.51. The second-order valence-electron chi connectivity index (χ2n) is 5.43. The first-order valence-corrected chi connectivity index (χ1v) is 8.12. The second-order valence-corrected chi connectivity index (χ2v) is 5.43. The molecule has 0 N–H and O–H groups in total. The van der Waals surface area contributed by atoms with E-state index in [2.05, 4.69) is 0 Å². The Morgan fingerprint density at radius 2 is 1.50 bits per heavy atom. The zero-order chi connectivity index (χ0) is 17.5. The summed E-state index contributed by atoms with van der Waals surface area (Å²) in [7, 11) is 0. The first-order chi connectivity index (χ1) is 11.6. The Morgan fingerprint density at radius 3 is 2.17 bits per heavy atom. The smallest absolute Gasteiger partial charge is 0.201 e. The van der Waals surface area contributed by atoms with Gasteiger partial charge in [-0.05, 0) is 42.7 Å². The molecule has 0 aromatic heterocycles. The number of rotatable bonds is 8. The normalized spacial score (nSPS) is 10.7.